The molecule has 0 amide bonds. The van der Waals surface area contributed by atoms with Gasteiger partial charge in [0.25, 0.3) is 0 Å². The van der Waals surface area contributed by atoms with Gasteiger partial charge in [0.05, 0.1) is 25.4 Å². The van der Waals surface area contributed by atoms with E-state index >= 15 is 0 Å². The van der Waals surface area contributed by atoms with E-state index in [0.29, 0.717) is 12.2 Å². The lowest BCUT2D eigenvalue weighted by Gasteiger charge is -2.19. The standard InChI is InChI=1S/C30H26O3/c1-3-9-21(10-4-1)29-23(17-25-19-31-25)13-7-15-27(29)33-28-16-8-14-24(18-26-20-32-26)30(28)22-11-5-2-6-12-22/h1-16,25-26H,17-20H2. The monoisotopic (exact) mass is 434 g/mol. The molecule has 2 aliphatic heterocycles. The molecule has 0 radical (unpaired) electrons. The summed E-state index contributed by atoms with van der Waals surface area (Å²) in [6.45, 7) is 1.67. The van der Waals surface area contributed by atoms with Crippen LogP contribution in [-0.2, 0) is 22.3 Å². The fraction of sp³-hybridized carbons (Fsp3) is 0.200. The van der Waals surface area contributed by atoms with E-state index in [1.165, 1.54) is 11.1 Å². The lowest BCUT2D eigenvalue weighted by atomic mass is 9.94. The van der Waals surface area contributed by atoms with Crippen molar-refractivity contribution in [3.63, 3.8) is 0 Å². The topological polar surface area (TPSA) is 34.3 Å². The fourth-order valence-corrected chi connectivity index (χ4v) is 4.51. The molecule has 0 bridgehead atoms. The lowest BCUT2D eigenvalue weighted by Crippen LogP contribution is -2.01. The average molecular weight is 435 g/mol. The van der Waals surface area contributed by atoms with Crippen LogP contribution in [0.1, 0.15) is 11.1 Å². The van der Waals surface area contributed by atoms with Crippen LogP contribution in [0, 0.1) is 0 Å². The summed E-state index contributed by atoms with van der Waals surface area (Å²) in [6, 6.07) is 33.7. The molecule has 2 fully saturated rings. The number of rotatable bonds is 8. The maximum absolute atomic E-state index is 6.75. The van der Waals surface area contributed by atoms with Crippen molar-refractivity contribution in [2.45, 2.75) is 25.0 Å². The Hall–Kier alpha value is -3.40. The van der Waals surface area contributed by atoms with Crippen LogP contribution in [0.2, 0.25) is 0 Å². The van der Waals surface area contributed by atoms with Gasteiger partial charge in [0.1, 0.15) is 11.5 Å². The lowest BCUT2D eigenvalue weighted by molar-refractivity contribution is 0.407. The highest BCUT2D eigenvalue weighted by molar-refractivity contribution is 5.78. The van der Waals surface area contributed by atoms with Crippen molar-refractivity contribution in [1.82, 2.24) is 0 Å². The summed E-state index contributed by atoms with van der Waals surface area (Å²) in [4.78, 5) is 0. The Morgan fingerprint density at radius 2 is 0.970 bits per heavy atom. The molecule has 0 aliphatic carbocycles. The summed E-state index contributed by atoms with van der Waals surface area (Å²) in [7, 11) is 0. The minimum absolute atomic E-state index is 0.310. The van der Waals surface area contributed by atoms with Crippen LogP contribution >= 0.6 is 0 Å². The molecule has 6 rings (SSSR count). The molecule has 0 aromatic heterocycles. The first-order valence-corrected chi connectivity index (χ1v) is 11.6. The molecule has 0 N–H and O–H groups in total. The zero-order chi connectivity index (χ0) is 22.0. The van der Waals surface area contributed by atoms with Crippen molar-refractivity contribution >= 4 is 0 Å². The van der Waals surface area contributed by atoms with E-state index < -0.39 is 0 Å². The van der Waals surface area contributed by atoms with Gasteiger partial charge in [-0.05, 0) is 34.4 Å². The Morgan fingerprint density at radius 1 is 0.545 bits per heavy atom. The smallest absolute Gasteiger partial charge is 0.135 e. The van der Waals surface area contributed by atoms with Crippen LogP contribution in [-0.4, -0.2) is 25.4 Å². The van der Waals surface area contributed by atoms with Crippen LogP contribution in [0.5, 0.6) is 11.5 Å². The summed E-state index contributed by atoms with van der Waals surface area (Å²) < 4.78 is 17.8. The second-order valence-corrected chi connectivity index (χ2v) is 8.73. The Bertz CT molecular complexity index is 1140. The molecule has 33 heavy (non-hydrogen) atoms. The Balaban J connectivity index is 1.46. The van der Waals surface area contributed by atoms with Gasteiger partial charge in [0.15, 0.2) is 0 Å². The van der Waals surface area contributed by atoms with E-state index in [2.05, 4.69) is 84.9 Å². The SMILES string of the molecule is c1ccc(-c2c(CC3CO3)cccc2Oc2cccc(CC3CO3)c2-c2ccccc2)cc1. The molecule has 2 aliphatic rings. The predicted molar refractivity (Wildman–Crippen MR) is 131 cm³/mol. The molecule has 2 atom stereocenters. The molecule has 3 nitrogen and oxygen atoms in total. The number of ether oxygens (including phenoxy) is 3. The number of hydrogen-bond donors (Lipinski definition) is 0. The van der Waals surface area contributed by atoms with Crippen LogP contribution in [0.4, 0.5) is 0 Å². The van der Waals surface area contributed by atoms with Gasteiger partial charge < -0.3 is 14.2 Å². The zero-order valence-electron chi connectivity index (χ0n) is 18.4. The van der Waals surface area contributed by atoms with Crippen LogP contribution in [0.25, 0.3) is 22.3 Å². The number of benzene rings is 4. The minimum atomic E-state index is 0.310. The molecule has 4 aromatic carbocycles. The maximum atomic E-state index is 6.75. The Morgan fingerprint density at radius 3 is 1.36 bits per heavy atom. The van der Waals surface area contributed by atoms with E-state index in [1.54, 1.807) is 0 Å². The van der Waals surface area contributed by atoms with E-state index in [1.807, 2.05) is 12.1 Å². The van der Waals surface area contributed by atoms with E-state index in [4.69, 9.17) is 14.2 Å². The highest BCUT2D eigenvalue weighted by atomic mass is 16.6. The summed E-state index contributed by atoms with van der Waals surface area (Å²) in [6.07, 6.45) is 2.41. The third-order valence-corrected chi connectivity index (χ3v) is 6.27. The van der Waals surface area contributed by atoms with Crippen LogP contribution in [0.3, 0.4) is 0 Å². The fourth-order valence-electron chi connectivity index (χ4n) is 4.51. The zero-order valence-corrected chi connectivity index (χ0v) is 18.4. The van der Waals surface area contributed by atoms with Crippen molar-refractivity contribution in [1.29, 1.82) is 0 Å². The maximum Gasteiger partial charge on any atom is 0.135 e. The van der Waals surface area contributed by atoms with Gasteiger partial charge in [-0.2, -0.15) is 0 Å². The second kappa shape index (κ2) is 8.86. The van der Waals surface area contributed by atoms with Gasteiger partial charge in [0, 0.05) is 24.0 Å². The third kappa shape index (κ3) is 4.56. The predicted octanol–water partition coefficient (Wildman–Crippen LogP) is 6.70. The van der Waals surface area contributed by atoms with Crippen molar-refractivity contribution < 1.29 is 14.2 Å². The van der Waals surface area contributed by atoms with Gasteiger partial charge in [-0.3, -0.25) is 0 Å². The van der Waals surface area contributed by atoms with Gasteiger partial charge in [-0.15, -0.1) is 0 Å². The summed E-state index contributed by atoms with van der Waals surface area (Å²) in [5.41, 5.74) is 7.11. The quantitative estimate of drug-likeness (QED) is 0.290. The molecule has 2 heterocycles. The molecule has 0 saturated carbocycles. The highest BCUT2D eigenvalue weighted by Gasteiger charge is 2.27. The first-order valence-electron chi connectivity index (χ1n) is 11.6. The normalized spacial score (nSPS) is 18.7. The summed E-state index contributed by atoms with van der Waals surface area (Å²) in [5, 5.41) is 0. The molecule has 164 valence electrons. The van der Waals surface area contributed by atoms with Gasteiger partial charge >= 0.3 is 0 Å². The van der Waals surface area contributed by atoms with E-state index in [-0.39, 0.29) is 0 Å². The molecular weight excluding hydrogens is 408 g/mol. The summed E-state index contributed by atoms with van der Waals surface area (Å²) >= 11 is 0. The van der Waals surface area contributed by atoms with E-state index in [9.17, 15) is 0 Å². The van der Waals surface area contributed by atoms with Crippen LogP contribution in [0.15, 0.2) is 97.1 Å². The average Bonchev–Trinajstić information content (AvgIpc) is 3.78. The molecule has 2 saturated heterocycles. The van der Waals surface area contributed by atoms with Gasteiger partial charge in [-0.25, -0.2) is 0 Å². The van der Waals surface area contributed by atoms with Crippen molar-refractivity contribution in [2.24, 2.45) is 0 Å². The summed E-state index contributed by atoms with van der Waals surface area (Å²) in [5.74, 6) is 1.74. The minimum Gasteiger partial charge on any atom is -0.456 e. The van der Waals surface area contributed by atoms with E-state index in [0.717, 1.165) is 59.8 Å². The first kappa shape index (κ1) is 20.2. The molecule has 4 aromatic rings. The molecular formula is C30H26O3. The number of epoxide rings is 2. The Kier molecular flexibility index (Phi) is 5.43. The van der Waals surface area contributed by atoms with Gasteiger partial charge in [0.2, 0.25) is 0 Å². The first-order chi connectivity index (χ1) is 16.3. The van der Waals surface area contributed by atoms with Crippen molar-refractivity contribution in [3.05, 3.63) is 108 Å². The largest absolute Gasteiger partial charge is 0.456 e. The van der Waals surface area contributed by atoms with Crippen LogP contribution < -0.4 is 4.74 Å². The third-order valence-electron chi connectivity index (χ3n) is 6.27. The second-order valence-electron chi connectivity index (χ2n) is 8.73. The van der Waals surface area contributed by atoms with Crippen molar-refractivity contribution in [3.8, 4) is 33.8 Å². The van der Waals surface area contributed by atoms with Gasteiger partial charge in [-0.1, -0.05) is 84.9 Å². The Labute approximate surface area is 194 Å². The molecule has 0 spiro atoms. The number of hydrogen-bond acceptors (Lipinski definition) is 3. The molecule has 3 heteroatoms. The highest BCUT2D eigenvalue weighted by Crippen LogP contribution is 2.42. The van der Waals surface area contributed by atoms with Crippen molar-refractivity contribution in [2.75, 3.05) is 13.2 Å². The molecule has 2 unspecified atom stereocenters.